The van der Waals surface area contributed by atoms with Crippen molar-refractivity contribution in [1.82, 2.24) is 5.32 Å². The van der Waals surface area contributed by atoms with Gasteiger partial charge in [-0.3, -0.25) is 9.59 Å². The molecule has 6 heteroatoms. The Morgan fingerprint density at radius 2 is 2.00 bits per heavy atom. The maximum Gasteiger partial charge on any atom is 0.305 e. The molecule has 0 fully saturated rings. The number of aliphatic carboxylic acids is 1. The number of carboxylic acids is 1. The third-order valence-electron chi connectivity index (χ3n) is 3.14. The molecule has 0 bridgehead atoms. The van der Waals surface area contributed by atoms with Crippen molar-refractivity contribution in [2.75, 3.05) is 7.11 Å². The van der Waals surface area contributed by atoms with E-state index in [1.54, 1.807) is 0 Å². The lowest BCUT2D eigenvalue weighted by molar-refractivity contribution is -0.138. The maximum atomic E-state index is 13.6. The number of carboxylic acid groups (broad SMARTS) is 1. The summed E-state index contributed by atoms with van der Waals surface area (Å²) >= 11 is 0. The highest BCUT2D eigenvalue weighted by Crippen LogP contribution is 2.23. The summed E-state index contributed by atoms with van der Waals surface area (Å²) in [6.45, 7) is 5.49. The van der Waals surface area contributed by atoms with Crippen molar-refractivity contribution in [3.63, 3.8) is 0 Å². The topological polar surface area (TPSA) is 75.6 Å². The average molecular weight is 297 g/mol. The van der Waals surface area contributed by atoms with E-state index in [4.69, 9.17) is 9.84 Å². The van der Waals surface area contributed by atoms with Crippen LogP contribution in [0.4, 0.5) is 4.39 Å². The first-order valence-electron chi connectivity index (χ1n) is 6.51. The van der Waals surface area contributed by atoms with Gasteiger partial charge in [0.05, 0.1) is 13.5 Å². The lowest BCUT2D eigenvalue weighted by Crippen LogP contribution is -2.45. The molecule has 1 unspecified atom stereocenters. The summed E-state index contributed by atoms with van der Waals surface area (Å²) in [6, 6.07) is 3.28. The highest BCUT2D eigenvalue weighted by Gasteiger charge is 2.28. The van der Waals surface area contributed by atoms with Crippen molar-refractivity contribution in [2.24, 2.45) is 5.41 Å². The van der Waals surface area contributed by atoms with Gasteiger partial charge < -0.3 is 15.2 Å². The molecule has 21 heavy (non-hydrogen) atoms. The van der Waals surface area contributed by atoms with Crippen LogP contribution in [0.3, 0.4) is 0 Å². The number of hydrogen-bond donors (Lipinski definition) is 2. The van der Waals surface area contributed by atoms with E-state index in [2.05, 4.69) is 5.32 Å². The Labute approximate surface area is 123 Å². The molecule has 1 aromatic rings. The minimum atomic E-state index is -1.00. The van der Waals surface area contributed by atoms with E-state index in [-0.39, 0.29) is 17.7 Å². The number of ether oxygens (including phenoxy) is 1. The van der Waals surface area contributed by atoms with Crippen LogP contribution in [0.15, 0.2) is 18.2 Å². The summed E-state index contributed by atoms with van der Waals surface area (Å²) in [5.74, 6) is -2.12. The lowest BCUT2D eigenvalue weighted by atomic mass is 9.84. The molecule has 2 N–H and O–H groups in total. The van der Waals surface area contributed by atoms with Crippen molar-refractivity contribution in [3.8, 4) is 5.75 Å². The fourth-order valence-corrected chi connectivity index (χ4v) is 1.80. The molecular formula is C15H20FNO4. The number of methoxy groups -OCH3 is 1. The summed E-state index contributed by atoms with van der Waals surface area (Å²) in [6.07, 6.45) is -0.201. The molecule has 1 rings (SSSR count). The number of rotatable bonds is 5. The Bertz CT molecular complexity index is 537. The molecule has 1 amide bonds. The molecule has 5 nitrogen and oxygen atoms in total. The Morgan fingerprint density at radius 1 is 1.38 bits per heavy atom. The number of amides is 1. The van der Waals surface area contributed by atoms with Crippen LogP contribution in [-0.4, -0.2) is 30.1 Å². The fourth-order valence-electron chi connectivity index (χ4n) is 1.80. The zero-order valence-corrected chi connectivity index (χ0v) is 12.6. The molecule has 0 spiro atoms. The van der Waals surface area contributed by atoms with Gasteiger partial charge in [0.1, 0.15) is 0 Å². The van der Waals surface area contributed by atoms with Gasteiger partial charge in [0.25, 0.3) is 5.91 Å². The van der Waals surface area contributed by atoms with Crippen molar-refractivity contribution < 1.29 is 23.8 Å². The molecule has 1 atom stereocenters. The van der Waals surface area contributed by atoms with Crippen LogP contribution in [0.5, 0.6) is 5.75 Å². The summed E-state index contributed by atoms with van der Waals surface area (Å²) in [5, 5.41) is 11.6. The molecular weight excluding hydrogens is 277 g/mol. The molecule has 0 aliphatic carbocycles. The van der Waals surface area contributed by atoms with E-state index < -0.39 is 29.2 Å². The van der Waals surface area contributed by atoms with Crippen LogP contribution >= 0.6 is 0 Å². The van der Waals surface area contributed by atoms with Gasteiger partial charge in [0.2, 0.25) is 0 Å². The van der Waals surface area contributed by atoms with E-state index >= 15 is 0 Å². The Kier molecular flexibility index (Phi) is 5.29. The van der Waals surface area contributed by atoms with Crippen LogP contribution in [-0.2, 0) is 4.79 Å². The number of nitrogens with one attached hydrogen (secondary N) is 1. The van der Waals surface area contributed by atoms with E-state index in [1.807, 2.05) is 20.8 Å². The third-order valence-corrected chi connectivity index (χ3v) is 3.14. The molecule has 0 aliphatic rings. The Balaban J connectivity index is 2.91. The van der Waals surface area contributed by atoms with Crippen molar-refractivity contribution in [2.45, 2.75) is 33.2 Å². The van der Waals surface area contributed by atoms with Gasteiger partial charge >= 0.3 is 5.97 Å². The van der Waals surface area contributed by atoms with Gasteiger partial charge in [-0.2, -0.15) is 0 Å². The zero-order chi connectivity index (χ0) is 16.2. The fraction of sp³-hybridized carbons (Fsp3) is 0.467. The molecule has 116 valence electrons. The number of carbonyl (C=O) groups excluding carboxylic acids is 1. The minimum absolute atomic E-state index is 0.0458. The molecule has 0 heterocycles. The number of carbonyl (C=O) groups is 2. The summed E-state index contributed by atoms with van der Waals surface area (Å²) in [5.41, 5.74) is -0.313. The minimum Gasteiger partial charge on any atom is -0.494 e. The monoisotopic (exact) mass is 297 g/mol. The molecule has 0 saturated heterocycles. The predicted molar refractivity (Wildman–Crippen MR) is 75.9 cm³/mol. The predicted octanol–water partition coefficient (Wildman–Crippen LogP) is 2.45. The van der Waals surface area contributed by atoms with Crippen LogP contribution in [0.1, 0.15) is 37.6 Å². The first-order valence-corrected chi connectivity index (χ1v) is 6.51. The van der Waals surface area contributed by atoms with Crippen LogP contribution < -0.4 is 10.1 Å². The smallest absolute Gasteiger partial charge is 0.305 e. The Hall–Kier alpha value is -2.11. The van der Waals surface area contributed by atoms with Gasteiger partial charge in [-0.05, 0) is 23.6 Å². The molecule has 0 radical (unpaired) electrons. The van der Waals surface area contributed by atoms with Gasteiger partial charge in [0, 0.05) is 11.6 Å². The van der Waals surface area contributed by atoms with Gasteiger partial charge in [-0.15, -0.1) is 0 Å². The van der Waals surface area contributed by atoms with E-state index in [9.17, 15) is 14.0 Å². The first-order chi connectivity index (χ1) is 9.65. The molecule has 1 aromatic carbocycles. The van der Waals surface area contributed by atoms with E-state index in [1.165, 1.54) is 19.2 Å². The second-order valence-electron chi connectivity index (χ2n) is 5.84. The lowest BCUT2D eigenvalue weighted by Gasteiger charge is -2.30. The zero-order valence-electron chi connectivity index (χ0n) is 12.6. The van der Waals surface area contributed by atoms with Crippen LogP contribution in [0.2, 0.25) is 0 Å². The third kappa shape index (κ3) is 4.73. The summed E-state index contributed by atoms with van der Waals surface area (Å²) in [4.78, 5) is 23.0. The second-order valence-corrected chi connectivity index (χ2v) is 5.84. The maximum absolute atomic E-state index is 13.6. The van der Waals surface area contributed by atoms with Crippen LogP contribution in [0.25, 0.3) is 0 Å². The summed E-state index contributed by atoms with van der Waals surface area (Å²) in [7, 11) is 1.33. The summed E-state index contributed by atoms with van der Waals surface area (Å²) < 4.78 is 18.4. The Morgan fingerprint density at radius 3 is 2.43 bits per heavy atom. The van der Waals surface area contributed by atoms with E-state index in [0.29, 0.717) is 0 Å². The molecule has 0 aliphatic heterocycles. The SMILES string of the molecule is COc1ccc(C(=O)NC(CC(=O)O)C(C)(C)C)cc1F. The number of benzene rings is 1. The quantitative estimate of drug-likeness (QED) is 0.875. The number of halogens is 1. The highest BCUT2D eigenvalue weighted by atomic mass is 19.1. The van der Waals surface area contributed by atoms with E-state index in [0.717, 1.165) is 6.07 Å². The van der Waals surface area contributed by atoms with Gasteiger partial charge in [-0.25, -0.2) is 4.39 Å². The number of hydrogen-bond acceptors (Lipinski definition) is 3. The van der Waals surface area contributed by atoms with Gasteiger partial charge in [-0.1, -0.05) is 20.8 Å². The highest BCUT2D eigenvalue weighted by molar-refractivity contribution is 5.94. The largest absolute Gasteiger partial charge is 0.494 e. The standard InChI is InChI=1S/C15H20FNO4/c1-15(2,3)12(8-13(18)19)17-14(20)9-5-6-11(21-4)10(16)7-9/h5-7,12H,8H2,1-4H3,(H,17,20)(H,18,19). The first kappa shape index (κ1) is 16.9. The normalized spacial score (nSPS) is 12.6. The van der Waals surface area contributed by atoms with Crippen molar-refractivity contribution >= 4 is 11.9 Å². The molecule has 0 aromatic heterocycles. The second kappa shape index (κ2) is 6.56. The molecule has 0 saturated carbocycles. The van der Waals surface area contributed by atoms with Crippen molar-refractivity contribution in [1.29, 1.82) is 0 Å². The van der Waals surface area contributed by atoms with Gasteiger partial charge in [0.15, 0.2) is 11.6 Å². The average Bonchev–Trinajstić information content (AvgIpc) is 2.36. The van der Waals surface area contributed by atoms with Crippen LogP contribution in [0, 0.1) is 11.2 Å². The van der Waals surface area contributed by atoms with Crippen molar-refractivity contribution in [3.05, 3.63) is 29.6 Å².